The Bertz CT molecular complexity index is 259. The van der Waals surface area contributed by atoms with Gasteiger partial charge in [0, 0.05) is 19.8 Å². The Morgan fingerprint density at radius 2 is 1.50 bits per heavy atom. The van der Waals surface area contributed by atoms with Crippen molar-refractivity contribution in [1.29, 1.82) is 0 Å². The first-order chi connectivity index (χ1) is 8.02. The molecule has 1 aliphatic carbocycles. The molecule has 0 atom stereocenters. The number of carbonyl (C=O) groups is 1. The van der Waals surface area contributed by atoms with Gasteiger partial charge in [-0.1, -0.05) is 6.42 Å². The first-order valence-electron chi connectivity index (χ1n) is 5.93. The SMILES string of the molecule is CC(=O)O[N+](C)(C)C1CCCCC1.F[B-](F)(F)F. The molecule has 0 aliphatic heterocycles. The van der Waals surface area contributed by atoms with Gasteiger partial charge in [-0.25, -0.2) is 4.79 Å². The summed E-state index contributed by atoms with van der Waals surface area (Å²) in [7, 11) is -2.06. The zero-order valence-corrected chi connectivity index (χ0v) is 11.0. The smallest absolute Gasteiger partial charge is 0.418 e. The summed E-state index contributed by atoms with van der Waals surface area (Å²) >= 11 is 0. The highest BCUT2D eigenvalue weighted by Gasteiger charge is 2.33. The third-order valence-electron chi connectivity index (χ3n) is 2.82. The lowest BCUT2D eigenvalue weighted by atomic mass is 9.94. The highest BCUT2D eigenvalue weighted by Crippen LogP contribution is 2.25. The minimum atomic E-state index is -6.00. The predicted molar refractivity (Wildman–Crippen MR) is 60.9 cm³/mol. The first-order valence-corrected chi connectivity index (χ1v) is 5.93. The number of hydroxylamine groups is 3. The molecule has 108 valence electrons. The number of hydrogen-bond donors (Lipinski definition) is 0. The van der Waals surface area contributed by atoms with Gasteiger partial charge in [0.15, 0.2) is 0 Å². The topological polar surface area (TPSA) is 26.3 Å². The molecule has 3 nitrogen and oxygen atoms in total. The fourth-order valence-corrected chi connectivity index (χ4v) is 2.11. The van der Waals surface area contributed by atoms with E-state index in [2.05, 4.69) is 0 Å². The van der Waals surface area contributed by atoms with Crippen LogP contribution in [0.25, 0.3) is 0 Å². The van der Waals surface area contributed by atoms with Crippen molar-refractivity contribution in [1.82, 2.24) is 0 Å². The van der Waals surface area contributed by atoms with Crippen molar-refractivity contribution >= 4 is 13.2 Å². The maximum absolute atomic E-state index is 10.9. The van der Waals surface area contributed by atoms with Crippen LogP contribution in [0.4, 0.5) is 17.3 Å². The second-order valence-electron chi connectivity index (χ2n) is 4.80. The number of nitrogens with zero attached hydrogens (tertiary/aromatic N) is 1. The first kappa shape index (κ1) is 17.2. The Morgan fingerprint density at radius 1 is 1.11 bits per heavy atom. The van der Waals surface area contributed by atoms with Crippen molar-refractivity contribution in [3.63, 3.8) is 0 Å². The molecule has 18 heavy (non-hydrogen) atoms. The van der Waals surface area contributed by atoms with Crippen LogP contribution in [-0.2, 0) is 9.63 Å². The Kier molecular flexibility index (Phi) is 6.66. The molecule has 1 rings (SSSR count). The van der Waals surface area contributed by atoms with Crippen LogP contribution in [0.5, 0.6) is 0 Å². The van der Waals surface area contributed by atoms with E-state index in [-0.39, 0.29) is 5.97 Å². The van der Waals surface area contributed by atoms with Gasteiger partial charge in [-0.15, -0.1) is 4.65 Å². The van der Waals surface area contributed by atoms with E-state index in [1.165, 1.54) is 39.0 Å². The molecule has 1 saturated carbocycles. The average molecular weight is 273 g/mol. The van der Waals surface area contributed by atoms with E-state index in [0.29, 0.717) is 10.7 Å². The van der Waals surface area contributed by atoms with Crippen molar-refractivity contribution in [3.8, 4) is 0 Å². The molecule has 0 spiro atoms. The summed E-state index contributed by atoms with van der Waals surface area (Å²) in [5.41, 5.74) is 0. The fraction of sp³-hybridized carbons (Fsp3) is 0.900. The van der Waals surface area contributed by atoms with Gasteiger partial charge in [-0.2, -0.15) is 0 Å². The monoisotopic (exact) mass is 273 g/mol. The Hall–Kier alpha value is -0.785. The average Bonchev–Trinajstić information content (AvgIpc) is 2.14. The third kappa shape index (κ3) is 9.27. The Morgan fingerprint density at radius 3 is 1.83 bits per heavy atom. The van der Waals surface area contributed by atoms with Crippen molar-refractivity contribution in [2.24, 2.45) is 0 Å². The molecule has 0 N–H and O–H groups in total. The van der Waals surface area contributed by atoms with Crippen LogP contribution in [0.1, 0.15) is 39.0 Å². The van der Waals surface area contributed by atoms with Gasteiger partial charge in [0.05, 0.1) is 0 Å². The fourth-order valence-electron chi connectivity index (χ4n) is 2.11. The van der Waals surface area contributed by atoms with E-state index in [0.717, 1.165) is 0 Å². The van der Waals surface area contributed by atoms with Gasteiger partial charge in [-0.3, -0.25) is 4.84 Å². The normalized spacial score (nSPS) is 17.7. The molecule has 1 aliphatic rings. The van der Waals surface area contributed by atoms with Crippen molar-refractivity contribution in [2.75, 3.05) is 14.1 Å². The molecule has 0 bridgehead atoms. The summed E-state index contributed by atoms with van der Waals surface area (Å²) in [6.07, 6.45) is 6.23. The number of carbonyl (C=O) groups excluding carboxylic acids is 1. The standard InChI is InChI=1S/C10H20NO2.BF4/c1-9(12)13-11(2,3)10-7-5-4-6-8-10;2-1(3,4)5/h10H,4-8H2,1-3H3;/q+1;-1. The molecule has 0 saturated heterocycles. The molecular formula is C10H20BF4NO2. The van der Waals surface area contributed by atoms with Crippen LogP contribution < -0.4 is 0 Å². The van der Waals surface area contributed by atoms with Crippen LogP contribution in [0, 0.1) is 0 Å². The molecule has 8 heteroatoms. The minimum absolute atomic E-state index is 0.185. The maximum Gasteiger partial charge on any atom is 0.673 e. The Labute approximate surface area is 105 Å². The predicted octanol–water partition coefficient (Wildman–Crippen LogP) is 3.17. The molecule has 0 amide bonds. The van der Waals surface area contributed by atoms with Gasteiger partial charge in [0.2, 0.25) is 0 Å². The number of halogens is 4. The summed E-state index contributed by atoms with van der Waals surface area (Å²) in [4.78, 5) is 16.1. The maximum atomic E-state index is 10.9. The third-order valence-corrected chi connectivity index (χ3v) is 2.82. The van der Waals surface area contributed by atoms with Crippen LogP contribution in [0.2, 0.25) is 0 Å². The lowest BCUT2D eigenvalue weighted by Gasteiger charge is -2.35. The Balaban J connectivity index is 0.000000494. The number of hydrogen-bond acceptors (Lipinski definition) is 2. The molecule has 0 radical (unpaired) electrons. The van der Waals surface area contributed by atoms with E-state index >= 15 is 0 Å². The van der Waals surface area contributed by atoms with Crippen molar-refractivity contribution in [3.05, 3.63) is 0 Å². The van der Waals surface area contributed by atoms with Gasteiger partial charge in [0.1, 0.15) is 20.1 Å². The number of rotatable bonds is 2. The van der Waals surface area contributed by atoms with E-state index in [9.17, 15) is 22.1 Å². The van der Waals surface area contributed by atoms with E-state index in [4.69, 9.17) is 4.84 Å². The highest BCUT2D eigenvalue weighted by atomic mass is 19.5. The summed E-state index contributed by atoms with van der Waals surface area (Å²) < 4.78 is 39.4. The summed E-state index contributed by atoms with van der Waals surface area (Å²) in [6.45, 7) is 1.48. The lowest BCUT2D eigenvalue weighted by molar-refractivity contribution is -1.08. The summed E-state index contributed by atoms with van der Waals surface area (Å²) in [6, 6.07) is 0.498. The second kappa shape index (κ2) is 6.96. The quantitative estimate of drug-likeness (QED) is 0.334. The molecule has 0 heterocycles. The van der Waals surface area contributed by atoms with E-state index in [1.54, 1.807) is 0 Å². The molecule has 1 fully saturated rings. The largest absolute Gasteiger partial charge is 0.673 e. The van der Waals surface area contributed by atoms with Gasteiger partial charge in [-0.05, 0) is 12.8 Å². The zero-order chi connectivity index (χ0) is 14.4. The van der Waals surface area contributed by atoms with Crippen molar-refractivity contribution in [2.45, 2.75) is 45.1 Å². The van der Waals surface area contributed by atoms with Crippen LogP contribution in [0.15, 0.2) is 0 Å². The molecular weight excluding hydrogens is 253 g/mol. The van der Waals surface area contributed by atoms with E-state index in [1.807, 2.05) is 14.1 Å². The van der Waals surface area contributed by atoms with Crippen LogP contribution >= 0.6 is 0 Å². The van der Waals surface area contributed by atoms with Gasteiger partial charge in [0.25, 0.3) is 0 Å². The molecule has 0 aromatic rings. The summed E-state index contributed by atoms with van der Waals surface area (Å²) in [5.74, 6) is -0.185. The van der Waals surface area contributed by atoms with E-state index < -0.39 is 7.25 Å². The molecule has 0 unspecified atom stereocenters. The highest BCUT2D eigenvalue weighted by molar-refractivity contribution is 6.50. The summed E-state index contributed by atoms with van der Waals surface area (Å²) in [5, 5.41) is 0. The second-order valence-corrected chi connectivity index (χ2v) is 4.80. The number of quaternary nitrogens is 1. The van der Waals surface area contributed by atoms with Gasteiger partial charge < -0.3 is 17.3 Å². The zero-order valence-electron chi connectivity index (χ0n) is 11.0. The van der Waals surface area contributed by atoms with Crippen LogP contribution in [-0.4, -0.2) is 38.0 Å². The van der Waals surface area contributed by atoms with Gasteiger partial charge >= 0.3 is 13.2 Å². The lowest BCUT2D eigenvalue weighted by Crippen LogP contribution is -2.50. The van der Waals surface area contributed by atoms with Crippen LogP contribution in [0.3, 0.4) is 0 Å². The minimum Gasteiger partial charge on any atom is -0.418 e. The molecule has 0 aromatic carbocycles. The van der Waals surface area contributed by atoms with Crippen molar-refractivity contribution < 1.29 is 31.5 Å². The molecule has 0 aromatic heterocycles.